The van der Waals surface area contributed by atoms with Crippen LogP contribution in [0.5, 0.6) is 0 Å². The standard InChI is InChI=1S/C20H29N5O3S/c1-4-5-19-21-16(12-29-19)20(26)24-8-13-6-17(18(28-3)7-14(13)9-24)25-10-15(11-27-2)22-23-25/h10,12-14,17-18H,4-9,11H2,1-3H3/t13-,14+,17-,18-/m1/s1. The van der Waals surface area contributed by atoms with E-state index in [1.54, 1.807) is 25.6 Å². The number of hydrogen-bond donors (Lipinski definition) is 0. The number of nitrogens with zero attached hydrogens (tertiary/aromatic N) is 5. The summed E-state index contributed by atoms with van der Waals surface area (Å²) in [6, 6.07) is 0.129. The summed E-state index contributed by atoms with van der Waals surface area (Å²) in [5.74, 6) is 0.960. The number of carbonyl (C=O) groups is 1. The van der Waals surface area contributed by atoms with Crippen LogP contribution in [-0.4, -0.2) is 64.2 Å². The number of fused-ring (bicyclic) bond motifs is 1. The molecule has 4 rings (SSSR count). The first-order chi connectivity index (χ1) is 14.1. The van der Waals surface area contributed by atoms with Gasteiger partial charge in [-0.25, -0.2) is 9.67 Å². The Labute approximate surface area is 175 Å². The number of ether oxygens (including phenoxy) is 2. The molecule has 3 heterocycles. The molecule has 1 saturated heterocycles. The van der Waals surface area contributed by atoms with E-state index in [2.05, 4.69) is 22.2 Å². The van der Waals surface area contributed by atoms with Gasteiger partial charge in [-0.3, -0.25) is 4.79 Å². The molecule has 0 spiro atoms. The maximum Gasteiger partial charge on any atom is 0.273 e. The number of aryl methyl sites for hydroxylation is 1. The highest BCUT2D eigenvalue weighted by Crippen LogP contribution is 2.42. The van der Waals surface area contributed by atoms with Crippen LogP contribution in [-0.2, 0) is 22.5 Å². The van der Waals surface area contributed by atoms with Gasteiger partial charge in [0.1, 0.15) is 11.4 Å². The second-order valence-electron chi connectivity index (χ2n) is 8.04. The lowest BCUT2D eigenvalue weighted by molar-refractivity contribution is -0.00548. The van der Waals surface area contributed by atoms with E-state index >= 15 is 0 Å². The van der Waals surface area contributed by atoms with Gasteiger partial charge in [-0.2, -0.15) is 0 Å². The molecule has 1 amide bonds. The fourth-order valence-electron chi connectivity index (χ4n) is 4.68. The zero-order chi connectivity index (χ0) is 20.4. The van der Waals surface area contributed by atoms with Gasteiger partial charge in [0.25, 0.3) is 5.91 Å². The van der Waals surface area contributed by atoms with Gasteiger partial charge in [0.05, 0.1) is 30.0 Å². The molecule has 4 atom stereocenters. The minimum absolute atomic E-state index is 0.0617. The van der Waals surface area contributed by atoms with E-state index in [1.807, 2.05) is 21.2 Å². The van der Waals surface area contributed by atoms with Crippen LogP contribution in [0.25, 0.3) is 0 Å². The van der Waals surface area contributed by atoms with Crippen molar-refractivity contribution in [3.8, 4) is 0 Å². The van der Waals surface area contributed by atoms with Crippen molar-refractivity contribution in [3.05, 3.63) is 28.0 Å². The topological polar surface area (TPSA) is 82.4 Å². The van der Waals surface area contributed by atoms with Crippen LogP contribution in [0, 0.1) is 11.8 Å². The Balaban J connectivity index is 1.45. The Morgan fingerprint density at radius 2 is 2.07 bits per heavy atom. The summed E-state index contributed by atoms with van der Waals surface area (Å²) < 4.78 is 12.9. The van der Waals surface area contributed by atoms with Crippen molar-refractivity contribution in [2.75, 3.05) is 27.3 Å². The Bertz CT molecular complexity index is 838. The first-order valence-electron chi connectivity index (χ1n) is 10.3. The highest BCUT2D eigenvalue weighted by atomic mass is 32.1. The molecule has 9 heteroatoms. The molecule has 2 aromatic heterocycles. The molecule has 8 nitrogen and oxygen atoms in total. The summed E-state index contributed by atoms with van der Waals surface area (Å²) >= 11 is 1.59. The van der Waals surface area contributed by atoms with Gasteiger partial charge in [0.2, 0.25) is 0 Å². The van der Waals surface area contributed by atoms with Gasteiger partial charge in [-0.05, 0) is 37.5 Å². The lowest BCUT2D eigenvalue weighted by Crippen LogP contribution is -2.37. The number of thiazole rings is 1. The Morgan fingerprint density at radius 1 is 1.28 bits per heavy atom. The number of hydrogen-bond acceptors (Lipinski definition) is 7. The largest absolute Gasteiger partial charge is 0.379 e. The van der Waals surface area contributed by atoms with Crippen LogP contribution in [0.15, 0.2) is 11.6 Å². The molecular formula is C20H29N5O3S. The molecule has 29 heavy (non-hydrogen) atoms. The van der Waals surface area contributed by atoms with Crippen molar-refractivity contribution in [3.63, 3.8) is 0 Å². The summed E-state index contributed by atoms with van der Waals surface area (Å²) in [5.41, 5.74) is 1.41. The Morgan fingerprint density at radius 3 is 2.79 bits per heavy atom. The molecule has 0 N–H and O–H groups in total. The number of carbonyl (C=O) groups excluding carboxylic acids is 1. The quantitative estimate of drug-likeness (QED) is 0.686. The molecule has 0 bridgehead atoms. The van der Waals surface area contributed by atoms with E-state index in [4.69, 9.17) is 9.47 Å². The van der Waals surface area contributed by atoms with Gasteiger partial charge in [0, 0.05) is 32.7 Å². The van der Waals surface area contributed by atoms with E-state index in [9.17, 15) is 4.79 Å². The molecule has 2 fully saturated rings. The fraction of sp³-hybridized carbons (Fsp3) is 0.700. The molecule has 0 aromatic carbocycles. The highest BCUT2D eigenvalue weighted by molar-refractivity contribution is 7.09. The predicted octanol–water partition coefficient (Wildman–Crippen LogP) is 2.57. The lowest BCUT2D eigenvalue weighted by atomic mass is 9.77. The van der Waals surface area contributed by atoms with Crippen LogP contribution in [0.1, 0.15) is 53.4 Å². The van der Waals surface area contributed by atoms with Crippen LogP contribution in [0.3, 0.4) is 0 Å². The number of rotatable bonds is 7. The summed E-state index contributed by atoms with van der Waals surface area (Å²) in [7, 11) is 3.41. The van der Waals surface area contributed by atoms with E-state index in [1.165, 1.54) is 0 Å². The average molecular weight is 420 g/mol. The second-order valence-corrected chi connectivity index (χ2v) is 8.99. The molecule has 0 unspecified atom stereocenters. The van der Waals surface area contributed by atoms with Crippen LogP contribution in [0.4, 0.5) is 0 Å². The van der Waals surface area contributed by atoms with E-state index in [0.717, 1.165) is 49.5 Å². The van der Waals surface area contributed by atoms with Crippen LogP contribution >= 0.6 is 11.3 Å². The van der Waals surface area contributed by atoms with Gasteiger partial charge < -0.3 is 14.4 Å². The van der Waals surface area contributed by atoms with Crippen molar-refractivity contribution in [1.82, 2.24) is 24.9 Å². The molecule has 1 aliphatic heterocycles. The van der Waals surface area contributed by atoms with Crippen LogP contribution in [0.2, 0.25) is 0 Å². The van der Waals surface area contributed by atoms with Crippen molar-refractivity contribution >= 4 is 17.2 Å². The minimum atomic E-state index is 0.0617. The van der Waals surface area contributed by atoms with Gasteiger partial charge in [-0.1, -0.05) is 12.1 Å². The molecule has 2 aliphatic rings. The molecule has 2 aromatic rings. The highest BCUT2D eigenvalue weighted by Gasteiger charge is 2.45. The maximum atomic E-state index is 13.0. The SMILES string of the molecule is CCCc1nc(C(=O)N2C[C@H]3C[C@@H](n4cc(COC)nn4)[C@H](OC)C[C@H]3C2)cs1. The molecule has 0 radical (unpaired) electrons. The number of amides is 1. The third-order valence-corrected chi connectivity index (χ3v) is 7.01. The predicted molar refractivity (Wildman–Crippen MR) is 109 cm³/mol. The van der Waals surface area contributed by atoms with Crippen molar-refractivity contribution in [1.29, 1.82) is 0 Å². The van der Waals surface area contributed by atoms with Crippen molar-refractivity contribution in [2.45, 2.75) is 51.4 Å². The lowest BCUT2D eigenvalue weighted by Gasteiger charge is -2.36. The molecular weight excluding hydrogens is 390 g/mol. The number of aromatic nitrogens is 4. The van der Waals surface area contributed by atoms with E-state index in [-0.39, 0.29) is 18.1 Å². The first kappa shape index (κ1) is 20.4. The summed E-state index contributed by atoms with van der Waals surface area (Å²) in [5, 5.41) is 11.5. The summed E-state index contributed by atoms with van der Waals surface area (Å²) in [6.45, 7) is 4.14. The van der Waals surface area contributed by atoms with Gasteiger partial charge >= 0.3 is 0 Å². The van der Waals surface area contributed by atoms with Gasteiger partial charge in [-0.15, -0.1) is 16.4 Å². The molecule has 158 valence electrons. The zero-order valence-electron chi connectivity index (χ0n) is 17.3. The third-order valence-electron chi connectivity index (χ3n) is 6.10. The Hall–Kier alpha value is -1.84. The fourth-order valence-corrected chi connectivity index (χ4v) is 5.55. The smallest absolute Gasteiger partial charge is 0.273 e. The number of methoxy groups -OCH3 is 2. The van der Waals surface area contributed by atoms with Crippen molar-refractivity contribution in [2.24, 2.45) is 11.8 Å². The summed E-state index contributed by atoms with van der Waals surface area (Å²) in [6.07, 6.45) is 5.85. The minimum Gasteiger partial charge on any atom is -0.379 e. The maximum absolute atomic E-state index is 13.0. The monoisotopic (exact) mass is 419 g/mol. The normalized spacial score (nSPS) is 26.7. The van der Waals surface area contributed by atoms with Gasteiger partial charge in [0.15, 0.2) is 0 Å². The number of likely N-dealkylation sites (tertiary alicyclic amines) is 1. The van der Waals surface area contributed by atoms with Crippen LogP contribution < -0.4 is 0 Å². The Kier molecular flexibility index (Phi) is 6.26. The molecule has 1 aliphatic carbocycles. The van der Waals surface area contributed by atoms with Crippen molar-refractivity contribution < 1.29 is 14.3 Å². The molecule has 1 saturated carbocycles. The summed E-state index contributed by atoms with van der Waals surface area (Å²) in [4.78, 5) is 19.5. The third kappa shape index (κ3) is 4.22. The zero-order valence-corrected chi connectivity index (χ0v) is 18.1. The van der Waals surface area contributed by atoms with E-state index < -0.39 is 0 Å². The first-order valence-corrected chi connectivity index (χ1v) is 11.2. The second kappa shape index (κ2) is 8.89. The average Bonchev–Trinajstić information content (AvgIpc) is 3.46. The van der Waals surface area contributed by atoms with E-state index in [0.29, 0.717) is 24.1 Å².